The van der Waals surface area contributed by atoms with Gasteiger partial charge in [-0.05, 0) is 18.5 Å². The van der Waals surface area contributed by atoms with Crippen molar-refractivity contribution < 1.29 is 22.8 Å². The molecule has 0 aromatic carbocycles. The first-order valence-corrected chi connectivity index (χ1v) is 8.46. The second-order valence-corrected chi connectivity index (χ2v) is 6.60. The highest BCUT2D eigenvalue weighted by Crippen LogP contribution is 2.18. The van der Waals surface area contributed by atoms with E-state index in [0.29, 0.717) is 6.54 Å². The number of rotatable bonds is 7. The summed E-state index contributed by atoms with van der Waals surface area (Å²) in [6, 6.07) is 3.07. The lowest BCUT2D eigenvalue weighted by molar-refractivity contribution is -0.141. The normalized spacial score (nSPS) is 11.6. The van der Waals surface area contributed by atoms with Crippen LogP contribution < -0.4 is 10.6 Å². The highest BCUT2D eigenvalue weighted by Gasteiger charge is 2.29. The Morgan fingerprint density at radius 3 is 2.81 bits per heavy atom. The van der Waals surface area contributed by atoms with Crippen molar-refractivity contribution in [3.8, 4) is 0 Å². The number of urea groups is 1. The number of hydrogen-bond acceptors (Lipinski definition) is 5. The minimum absolute atomic E-state index is 0.0350. The summed E-state index contributed by atoms with van der Waals surface area (Å²) >= 11 is 1.48. The number of amides is 3. The maximum atomic E-state index is 12.5. The number of nitrogens with zero attached hydrogens (tertiary/aromatic N) is 3. The first-order chi connectivity index (χ1) is 12.2. The molecule has 2 aromatic heterocycles. The molecule has 11 heteroatoms. The lowest BCUT2D eigenvalue weighted by Gasteiger charge is -2.17. The van der Waals surface area contributed by atoms with Gasteiger partial charge in [-0.25, -0.2) is 9.78 Å². The Labute approximate surface area is 151 Å². The summed E-state index contributed by atoms with van der Waals surface area (Å²) in [6.45, 7) is -0.965. The van der Waals surface area contributed by atoms with E-state index in [-0.39, 0.29) is 18.9 Å². The Morgan fingerprint density at radius 1 is 1.38 bits per heavy atom. The Bertz CT molecular complexity index is 730. The third kappa shape index (κ3) is 6.84. The van der Waals surface area contributed by atoms with E-state index in [1.54, 1.807) is 7.05 Å². The Balaban J connectivity index is 1.76. The number of carbonyl (C=O) groups excluding carboxylic acids is 2. The van der Waals surface area contributed by atoms with Gasteiger partial charge in [-0.15, -0.1) is 11.3 Å². The van der Waals surface area contributed by atoms with Crippen molar-refractivity contribution >= 4 is 23.3 Å². The summed E-state index contributed by atoms with van der Waals surface area (Å²) in [6.07, 6.45) is -1.85. The maximum absolute atomic E-state index is 12.5. The van der Waals surface area contributed by atoms with Gasteiger partial charge in [0.25, 0.3) is 0 Å². The number of aromatic nitrogens is 2. The smallest absolute Gasteiger partial charge is 0.333 e. The van der Waals surface area contributed by atoms with Gasteiger partial charge in [0, 0.05) is 17.3 Å². The number of imidazole rings is 1. The van der Waals surface area contributed by atoms with E-state index in [0.717, 1.165) is 9.44 Å². The topological polar surface area (TPSA) is 79.3 Å². The zero-order chi connectivity index (χ0) is 19.2. The summed E-state index contributed by atoms with van der Waals surface area (Å²) in [4.78, 5) is 29.8. The Kier molecular flexibility index (Phi) is 6.75. The van der Waals surface area contributed by atoms with Gasteiger partial charge >= 0.3 is 12.2 Å². The molecule has 0 unspecified atom stereocenters. The van der Waals surface area contributed by atoms with Crippen molar-refractivity contribution in [3.05, 3.63) is 40.6 Å². The van der Waals surface area contributed by atoms with Crippen LogP contribution in [0.15, 0.2) is 29.9 Å². The molecule has 7 nitrogen and oxygen atoms in total. The third-order valence-electron chi connectivity index (χ3n) is 3.23. The average Bonchev–Trinajstić information content (AvgIpc) is 3.16. The molecule has 0 spiro atoms. The number of alkyl halides is 3. The number of imide groups is 1. The molecule has 0 aliphatic heterocycles. The minimum Gasteiger partial charge on any atom is -0.333 e. The molecule has 2 N–H and O–H groups in total. The van der Waals surface area contributed by atoms with Crippen LogP contribution in [0, 0.1) is 0 Å². The maximum Gasteiger partial charge on any atom is 0.406 e. The summed E-state index contributed by atoms with van der Waals surface area (Å²) in [5.74, 6) is -0.384. The van der Waals surface area contributed by atoms with Gasteiger partial charge in [0.05, 0.1) is 19.6 Å². The minimum atomic E-state index is -4.36. The quantitative estimate of drug-likeness (QED) is 0.759. The third-order valence-corrected chi connectivity index (χ3v) is 4.11. The van der Waals surface area contributed by atoms with Crippen LogP contribution in [0.25, 0.3) is 0 Å². The SMILES string of the molecule is CN(CC(=O)NC(=O)NCc1cccs1)Cc1nccn1CC(F)(F)F. The summed E-state index contributed by atoms with van der Waals surface area (Å²) < 4.78 is 38.5. The molecule has 3 amide bonds. The monoisotopic (exact) mass is 389 g/mol. The van der Waals surface area contributed by atoms with Crippen LogP contribution in [0.3, 0.4) is 0 Å². The fourth-order valence-corrected chi connectivity index (χ4v) is 2.81. The lowest BCUT2D eigenvalue weighted by Crippen LogP contribution is -2.43. The molecule has 0 saturated carbocycles. The number of carbonyl (C=O) groups is 2. The molecular formula is C15H18F3N5O2S. The van der Waals surface area contributed by atoms with Gasteiger partial charge < -0.3 is 9.88 Å². The predicted molar refractivity (Wildman–Crippen MR) is 89.3 cm³/mol. The predicted octanol–water partition coefficient (Wildman–Crippen LogP) is 1.96. The van der Waals surface area contributed by atoms with Gasteiger partial charge in [0.1, 0.15) is 12.4 Å². The largest absolute Gasteiger partial charge is 0.406 e. The highest BCUT2D eigenvalue weighted by molar-refractivity contribution is 7.09. The number of nitrogens with one attached hydrogen (secondary N) is 2. The fourth-order valence-electron chi connectivity index (χ4n) is 2.16. The number of thiophene rings is 1. The molecule has 0 aliphatic carbocycles. The van der Waals surface area contributed by atoms with E-state index < -0.39 is 24.7 Å². The molecule has 0 saturated heterocycles. The Morgan fingerprint density at radius 2 is 2.15 bits per heavy atom. The molecule has 142 valence electrons. The molecule has 0 aliphatic rings. The van der Waals surface area contributed by atoms with E-state index in [4.69, 9.17) is 0 Å². The standard InChI is InChI=1S/C15H18F3N5O2S/c1-22(8-12-19-4-5-23(12)10-15(16,17)18)9-13(24)21-14(25)20-7-11-3-2-6-26-11/h2-6H,7-10H2,1H3,(H2,20,21,24,25). The van der Waals surface area contributed by atoms with Crippen molar-refractivity contribution in [2.24, 2.45) is 0 Å². The van der Waals surface area contributed by atoms with Crippen molar-refractivity contribution in [1.29, 1.82) is 0 Å². The average molecular weight is 389 g/mol. The Hall–Kier alpha value is -2.40. The van der Waals surface area contributed by atoms with E-state index in [1.807, 2.05) is 17.5 Å². The van der Waals surface area contributed by atoms with Gasteiger partial charge in [0.2, 0.25) is 5.91 Å². The molecule has 0 bridgehead atoms. The number of likely N-dealkylation sites (N-methyl/N-ethyl adjacent to an activating group) is 1. The summed E-state index contributed by atoms with van der Waals surface area (Å²) in [5, 5.41) is 6.59. The van der Waals surface area contributed by atoms with E-state index in [9.17, 15) is 22.8 Å². The molecule has 0 radical (unpaired) electrons. The summed E-state index contributed by atoms with van der Waals surface area (Å²) in [7, 11) is 1.55. The van der Waals surface area contributed by atoms with Crippen molar-refractivity contribution in [2.75, 3.05) is 13.6 Å². The van der Waals surface area contributed by atoms with Crippen molar-refractivity contribution in [3.63, 3.8) is 0 Å². The first-order valence-electron chi connectivity index (χ1n) is 7.58. The van der Waals surface area contributed by atoms with Gasteiger partial charge in [-0.3, -0.25) is 15.0 Å². The van der Waals surface area contributed by atoms with Crippen LogP contribution in [0.2, 0.25) is 0 Å². The van der Waals surface area contributed by atoms with E-state index >= 15 is 0 Å². The van der Waals surface area contributed by atoms with Crippen LogP contribution in [0.5, 0.6) is 0 Å². The van der Waals surface area contributed by atoms with Crippen LogP contribution >= 0.6 is 11.3 Å². The second kappa shape index (κ2) is 8.81. The molecular weight excluding hydrogens is 371 g/mol. The number of hydrogen-bond donors (Lipinski definition) is 2. The highest BCUT2D eigenvalue weighted by atomic mass is 32.1. The van der Waals surface area contributed by atoms with Gasteiger partial charge in [0.15, 0.2) is 0 Å². The van der Waals surface area contributed by atoms with E-state index in [1.165, 1.54) is 28.6 Å². The van der Waals surface area contributed by atoms with Crippen LogP contribution in [0.4, 0.5) is 18.0 Å². The molecule has 2 heterocycles. The zero-order valence-corrected chi connectivity index (χ0v) is 14.7. The first kappa shape index (κ1) is 19.9. The van der Waals surface area contributed by atoms with Crippen LogP contribution in [-0.2, 0) is 24.4 Å². The van der Waals surface area contributed by atoms with Crippen molar-refractivity contribution in [1.82, 2.24) is 25.1 Å². The van der Waals surface area contributed by atoms with Gasteiger partial charge in [-0.2, -0.15) is 13.2 Å². The fraction of sp³-hybridized carbons (Fsp3) is 0.400. The van der Waals surface area contributed by atoms with Crippen LogP contribution in [-0.4, -0.2) is 46.2 Å². The van der Waals surface area contributed by atoms with Crippen LogP contribution in [0.1, 0.15) is 10.7 Å². The number of halogens is 3. The molecule has 0 fully saturated rings. The van der Waals surface area contributed by atoms with E-state index in [2.05, 4.69) is 15.6 Å². The molecule has 2 aromatic rings. The zero-order valence-electron chi connectivity index (χ0n) is 13.9. The second-order valence-electron chi connectivity index (χ2n) is 5.57. The van der Waals surface area contributed by atoms with Crippen molar-refractivity contribution in [2.45, 2.75) is 25.8 Å². The molecule has 0 atom stereocenters. The molecule has 2 rings (SSSR count). The lowest BCUT2D eigenvalue weighted by atomic mass is 10.4. The summed E-state index contributed by atoms with van der Waals surface area (Å²) in [5.41, 5.74) is 0. The van der Waals surface area contributed by atoms with Gasteiger partial charge in [-0.1, -0.05) is 6.07 Å². The molecule has 26 heavy (non-hydrogen) atoms.